The highest BCUT2D eigenvalue weighted by atomic mass is 32.1. The van der Waals surface area contributed by atoms with Gasteiger partial charge in [-0.2, -0.15) is 12.6 Å². The first-order chi connectivity index (χ1) is 13.5. The Morgan fingerprint density at radius 3 is 2.00 bits per heavy atom. The van der Waals surface area contributed by atoms with Crippen LogP contribution in [0.4, 0.5) is 0 Å². The van der Waals surface area contributed by atoms with Gasteiger partial charge in [0.1, 0.15) is 18.1 Å². The molecule has 0 aromatic carbocycles. The monoisotopic (exact) mass is 435 g/mol. The highest BCUT2D eigenvalue weighted by Gasteiger charge is 2.28. The number of unbranched alkanes of at least 4 members (excludes halogenated alkanes) is 1. The zero-order valence-corrected chi connectivity index (χ0v) is 17.0. The molecule has 0 rings (SSSR count). The van der Waals surface area contributed by atoms with E-state index in [9.17, 15) is 24.0 Å². The number of nitrogens with two attached hydrogens (primary N) is 2. The van der Waals surface area contributed by atoms with Crippen LogP contribution in [0.15, 0.2) is 0 Å². The van der Waals surface area contributed by atoms with Crippen molar-refractivity contribution in [2.24, 2.45) is 11.5 Å². The summed E-state index contributed by atoms with van der Waals surface area (Å²) in [6, 6.07) is -4.72. The molecule has 12 nitrogen and oxygen atoms in total. The molecule has 0 aromatic heterocycles. The van der Waals surface area contributed by atoms with Gasteiger partial charge < -0.3 is 37.6 Å². The third-order valence-electron chi connectivity index (χ3n) is 3.86. The van der Waals surface area contributed by atoms with Crippen molar-refractivity contribution in [1.82, 2.24) is 16.0 Å². The zero-order chi connectivity index (χ0) is 22.6. The first-order valence-corrected chi connectivity index (χ1v) is 9.58. The molecule has 0 heterocycles. The van der Waals surface area contributed by atoms with Gasteiger partial charge in [0.15, 0.2) is 0 Å². The van der Waals surface area contributed by atoms with Crippen LogP contribution >= 0.6 is 12.6 Å². The van der Waals surface area contributed by atoms with Gasteiger partial charge in [0, 0.05) is 5.75 Å². The van der Waals surface area contributed by atoms with E-state index in [0.717, 1.165) is 0 Å². The lowest BCUT2D eigenvalue weighted by Gasteiger charge is -2.23. The Hall–Kier alpha value is -2.38. The Bertz CT molecular complexity index is 604. The number of amides is 3. The SMILES string of the molecule is CC(NC(=O)C(CCCCN)NC(=O)C(N)CC(=O)O)C(=O)NC(CS)C(=O)O. The van der Waals surface area contributed by atoms with Crippen molar-refractivity contribution in [2.75, 3.05) is 12.3 Å². The summed E-state index contributed by atoms with van der Waals surface area (Å²) in [7, 11) is 0. The third-order valence-corrected chi connectivity index (χ3v) is 4.23. The first-order valence-electron chi connectivity index (χ1n) is 8.95. The number of carboxylic acid groups (broad SMARTS) is 2. The topological polar surface area (TPSA) is 214 Å². The lowest BCUT2D eigenvalue weighted by atomic mass is 10.1. The molecular formula is C16H29N5O7S. The lowest BCUT2D eigenvalue weighted by molar-refractivity contribution is -0.141. The second kappa shape index (κ2) is 13.7. The third kappa shape index (κ3) is 10.7. The van der Waals surface area contributed by atoms with E-state index in [0.29, 0.717) is 19.4 Å². The van der Waals surface area contributed by atoms with Gasteiger partial charge in [-0.3, -0.25) is 19.2 Å². The van der Waals surface area contributed by atoms with E-state index in [1.807, 2.05) is 0 Å². The lowest BCUT2D eigenvalue weighted by Crippen LogP contribution is -2.56. The number of carboxylic acids is 2. The second-order valence-electron chi connectivity index (χ2n) is 6.36. The Balaban J connectivity index is 5.00. The number of aliphatic carboxylic acids is 2. The quantitative estimate of drug-likeness (QED) is 0.106. The summed E-state index contributed by atoms with van der Waals surface area (Å²) >= 11 is 3.83. The average Bonchev–Trinajstić information content (AvgIpc) is 2.63. The van der Waals surface area contributed by atoms with Crippen LogP contribution in [0.25, 0.3) is 0 Å². The number of thiol groups is 1. The molecule has 0 radical (unpaired) electrons. The molecule has 3 amide bonds. The molecule has 166 valence electrons. The van der Waals surface area contributed by atoms with Gasteiger partial charge in [-0.1, -0.05) is 0 Å². The van der Waals surface area contributed by atoms with Gasteiger partial charge >= 0.3 is 11.9 Å². The summed E-state index contributed by atoms with van der Waals surface area (Å²) in [5.41, 5.74) is 10.9. The maximum absolute atomic E-state index is 12.5. The van der Waals surface area contributed by atoms with Gasteiger partial charge in [0.2, 0.25) is 17.7 Å². The molecule has 4 unspecified atom stereocenters. The van der Waals surface area contributed by atoms with E-state index in [-0.39, 0.29) is 12.2 Å². The summed E-state index contributed by atoms with van der Waals surface area (Å²) in [5.74, 6) is -4.93. The van der Waals surface area contributed by atoms with Gasteiger partial charge in [-0.15, -0.1) is 0 Å². The molecule has 29 heavy (non-hydrogen) atoms. The fourth-order valence-electron chi connectivity index (χ4n) is 2.18. The number of hydrogen-bond donors (Lipinski definition) is 8. The number of nitrogens with one attached hydrogen (secondary N) is 3. The van der Waals surface area contributed by atoms with Gasteiger partial charge in [-0.25, -0.2) is 4.79 Å². The van der Waals surface area contributed by atoms with Crippen molar-refractivity contribution in [3.05, 3.63) is 0 Å². The predicted molar refractivity (Wildman–Crippen MR) is 106 cm³/mol. The molecule has 0 fully saturated rings. The van der Waals surface area contributed by atoms with Crippen LogP contribution in [-0.4, -0.2) is 76.3 Å². The summed E-state index contributed by atoms with van der Waals surface area (Å²) in [5, 5.41) is 24.7. The number of carbonyl (C=O) groups is 5. The van der Waals surface area contributed by atoms with Crippen molar-refractivity contribution in [3.8, 4) is 0 Å². The van der Waals surface area contributed by atoms with E-state index in [2.05, 4.69) is 28.6 Å². The van der Waals surface area contributed by atoms with Crippen LogP contribution in [0.3, 0.4) is 0 Å². The standard InChI is InChI=1S/C16H29N5O7S/c1-8(13(24)21-11(7-29)16(27)28)19-15(26)10(4-2-3-5-17)20-14(25)9(18)6-12(22)23/h8-11,29H,2-7,17-18H2,1H3,(H,19,26)(H,20,25)(H,21,24)(H,22,23)(H,27,28). The molecule has 0 bridgehead atoms. The minimum Gasteiger partial charge on any atom is -0.481 e. The average molecular weight is 436 g/mol. The van der Waals surface area contributed by atoms with Crippen molar-refractivity contribution in [2.45, 2.75) is 56.8 Å². The normalized spacial score (nSPS) is 14.8. The van der Waals surface area contributed by atoms with E-state index < -0.39 is 60.2 Å². The maximum atomic E-state index is 12.5. The summed E-state index contributed by atoms with van der Waals surface area (Å²) in [6.07, 6.45) is 0.656. The van der Waals surface area contributed by atoms with Crippen LogP contribution < -0.4 is 27.4 Å². The van der Waals surface area contributed by atoms with Crippen LogP contribution in [-0.2, 0) is 24.0 Å². The number of rotatable bonds is 14. The van der Waals surface area contributed by atoms with Crippen molar-refractivity contribution < 1.29 is 34.2 Å². The van der Waals surface area contributed by atoms with Crippen LogP contribution in [0.5, 0.6) is 0 Å². The fourth-order valence-corrected chi connectivity index (χ4v) is 2.43. The van der Waals surface area contributed by atoms with E-state index in [4.69, 9.17) is 21.7 Å². The maximum Gasteiger partial charge on any atom is 0.327 e. The molecular weight excluding hydrogens is 406 g/mol. The Morgan fingerprint density at radius 1 is 0.931 bits per heavy atom. The molecule has 0 aliphatic heterocycles. The Labute approximate surface area is 173 Å². The van der Waals surface area contributed by atoms with Gasteiger partial charge in [0.05, 0.1) is 12.5 Å². The zero-order valence-electron chi connectivity index (χ0n) is 16.1. The van der Waals surface area contributed by atoms with Crippen molar-refractivity contribution in [1.29, 1.82) is 0 Å². The Kier molecular flexibility index (Phi) is 12.6. The largest absolute Gasteiger partial charge is 0.481 e. The van der Waals surface area contributed by atoms with Gasteiger partial charge in [0.25, 0.3) is 0 Å². The van der Waals surface area contributed by atoms with Gasteiger partial charge in [-0.05, 0) is 32.7 Å². The smallest absolute Gasteiger partial charge is 0.327 e. The predicted octanol–water partition coefficient (Wildman–Crippen LogP) is -2.59. The molecule has 0 saturated carbocycles. The molecule has 13 heteroatoms. The van der Waals surface area contributed by atoms with Crippen LogP contribution in [0, 0.1) is 0 Å². The fraction of sp³-hybridized carbons (Fsp3) is 0.688. The van der Waals surface area contributed by atoms with Crippen LogP contribution in [0.2, 0.25) is 0 Å². The molecule has 0 aliphatic rings. The van der Waals surface area contributed by atoms with E-state index in [1.165, 1.54) is 6.92 Å². The minimum absolute atomic E-state index is 0.138. The summed E-state index contributed by atoms with van der Waals surface area (Å²) in [4.78, 5) is 58.3. The summed E-state index contributed by atoms with van der Waals surface area (Å²) < 4.78 is 0. The molecule has 9 N–H and O–H groups in total. The van der Waals surface area contributed by atoms with Crippen LogP contribution in [0.1, 0.15) is 32.6 Å². The summed E-state index contributed by atoms with van der Waals surface area (Å²) in [6.45, 7) is 1.72. The molecule has 0 aliphatic carbocycles. The first kappa shape index (κ1) is 26.6. The highest BCUT2D eigenvalue weighted by Crippen LogP contribution is 2.03. The second-order valence-corrected chi connectivity index (χ2v) is 6.73. The minimum atomic E-state index is -1.34. The Morgan fingerprint density at radius 2 is 1.52 bits per heavy atom. The van der Waals surface area contributed by atoms with Crippen molar-refractivity contribution in [3.63, 3.8) is 0 Å². The number of hydrogen-bond acceptors (Lipinski definition) is 8. The van der Waals surface area contributed by atoms with Crippen molar-refractivity contribution >= 4 is 42.3 Å². The molecule has 0 spiro atoms. The molecule has 0 aromatic rings. The van der Waals surface area contributed by atoms with E-state index >= 15 is 0 Å². The molecule has 0 saturated heterocycles. The van der Waals surface area contributed by atoms with E-state index in [1.54, 1.807) is 0 Å². The number of carbonyl (C=O) groups excluding carboxylic acids is 3. The highest BCUT2D eigenvalue weighted by molar-refractivity contribution is 7.80. The molecule has 4 atom stereocenters.